The minimum atomic E-state index is -0.244. The summed E-state index contributed by atoms with van der Waals surface area (Å²) >= 11 is 0. The van der Waals surface area contributed by atoms with Gasteiger partial charge in [-0.3, -0.25) is 4.79 Å². The molecule has 3 rings (SSSR count). The average molecular weight is 342 g/mol. The molecule has 1 saturated heterocycles. The topological polar surface area (TPSA) is 50.2 Å². The number of hydrogen-bond donors (Lipinski definition) is 1. The van der Waals surface area contributed by atoms with Gasteiger partial charge in [-0.05, 0) is 51.4 Å². The molecule has 0 unspecified atom stereocenters. The maximum absolute atomic E-state index is 12.6. The molecule has 0 saturated carbocycles. The smallest absolute Gasteiger partial charge is 0.227 e. The third kappa shape index (κ3) is 3.87. The van der Waals surface area contributed by atoms with E-state index in [4.69, 9.17) is 4.98 Å². The van der Waals surface area contributed by atoms with E-state index in [1.807, 2.05) is 18.2 Å². The van der Waals surface area contributed by atoms with Gasteiger partial charge in [-0.1, -0.05) is 19.1 Å². The van der Waals surface area contributed by atoms with Crippen LogP contribution in [0.5, 0.6) is 0 Å². The predicted octanol–water partition coefficient (Wildman–Crippen LogP) is 2.74. The first-order chi connectivity index (χ1) is 12.0. The normalized spacial score (nSPS) is 21.6. The summed E-state index contributed by atoms with van der Waals surface area (Å²) in [6.07, 6.45) is 3.89. The predicted molar refractivity (Wildman–Crippen MR) is 101 cm³/mol. The third-order valence-electron chi connectivity index (χ3n) is 5.51. The number of benzene rings is 1. The number of nitrogens with one attached hydrogen (secondary N) is 1. The Kier molecular flexibility index (Phi) is 5.42. The fourth-order valence-corrected chi connectivity index (χ4v) is 3.88. The van der Waals surface area contributed by atoms with Gasteiger partial charge in [0.1, 0.15) is 5.82 Å². The Bertz CT molecular complexity index is 738. The van der Waals surface area contributed by atoms with Gasteiger partial charge in [-0.15, -0.1) is 0 Å². The van der Waals surface area contributed by atoms with Crippen LogP contribution in [-0.2, 0) is 18.3 Å². The van der Waals surface area contributed by atoms with Crippen molar-refractivity contribution < 1.29 is 4.79 Å². The molecular formula is C20H30N4O. The lowest BCUT2D eigenvalue weighted by Gasteiger charge is -2.38. The van der Waals surface area contributed by atoms with Crippen LogP contribution in [0.2, 0.25) is 0 Å². The molecule has 1 aromatic carbocycles. The fourth-order valence-electron chi connectivity index (χ4n) is 3.88. The standard InChI is InChI=1S/C20H30N4O/c1-4-24-14-8-12-20(2,15-24)19(25)21-13-7-11-18-22-16-9-5-6-10-17(16)23(18)3/h5-6,9-10H,4,7-8,11-15H2,1-3H3,(H,21,25)/t20-/m1/s1. The highest BCUT2D eigenvalue weighted by molar-refractivity contribution is 5.82. The van der Waals surface area contributed by atoms with Crippen molar-refractivity contribution in [2.75, 3.05) is 26.2 Å². The monoisotopic (exact) mass is 342 g/mol. The molecule has 0 spiro atoms. The number of aromatic nitrogens is 2. The van der Waals surface area contributed by atoms with Crippen molar-refractivity contribution in [1.82, 2.24) is 19.8 Å². The van der Waals surface area contributed by atoms with Crippen LogP contribution in [0.1, 0.15) is 38.9 Å². The molecule has 5 heteroatoms. The second-order valence-electron chi connectivity index (χ2n) is 7.47. The molecule has 0 radical (unpaired) electrons. The van der Waals surface area contributed by atoms with Gasteiger partial charge in [0.05, 0.1) is 16.4 Å². The Morgan fingerprint density at radius 3 is 2.92 bits per heavy atom. The summed E-state index contributed by atoms with van der Waals surface area (Å²) < 4.78 is 2.15. The molecule has 1 amide bonds. The minimum absolute atomic E-state index is 0.204. The summed E-state index contributed by atoms with van der Waals surface area (Å²) in [5, 5.41) is 3.16. The number of carbonyl (C=O) groups is 1. The van der Waals surface area contributed by atoms with Crippen molar-refractivity contribution in [3.63, 3.8) is 0 Å². The highest BCUT2D eigenvalue weighted by Gasteiger charge is 2.36. The summed E-state index contributed by atoms with van der Waals surface area (Å²) in [5.74, 6) is 1.28. The first kappa shape index (κ1) is 17.9. The van der Waals surface area contributed by atoms with Gasteiger partial charge in [-0.25, -0.2) is 4.98 Å². The van der Waals surface area contributed by atoms with E-state index in [-0.39, 0.29) is 11.3 Å². The number of carbonyl (C=O) groups excluding carboxylic acids is 1. The van der Waals surface area contributed by atoms with Crippen LogP contribution in [-0.4, -0.2) is 46.5 Å². The number of piperidine rings is 1. The lowest BCUT2D eigenvalue weighted by molar-refractivity contribution is -0.133. The first-order valence-electron chi connectivity index (χ1n) is 9.44. The van der Waals surface area contributed by atoms with Crippen molar-refractivity contribution in [2.45, 2.75) is 39.5 Å². The molecule has 0 bridgehead atoms. The quantitative estimate of drug-likeness (QED) is 0.821. The van der Waals surface area contributed by atoms with Crippen LogP contribution in [0.3, 0.4) is 0 Å². The van der Waals surface area contributed by atoms with Crippen LogP contribution in [0.4, 0.5) is 0 Å². The summed E-state index contributed by atoms with van der Waals surface area (Å²) in [6.45, 7) is 8.00. The molecule has 1 aliphatic heterocycles. The lowest BCUT2D eigenvalue weighted by atomic mass is 9.81. The van der Waals surface area contributed by atoms with Crippen molar-refractivity contribution in [2.24, 2.45) is 12.5 Å². The van der Waals surface area contributed by atoms with E-state index in [0.29, 0.717) is 6.54 Å². The fraction of sp³-hybridized carbons (Fsp3) is 0.600. The number of hydrogen-bond acceptors (Lipinski definition) is 3. The van der Waals surface area contributed by atoms with Gasteiger partial charge >= 0.3 is 0 Å². The molecule has 0 aliphatic carbocycles. The second kappa shape index (κ2) is 7.56. The summed E-state index contributed by atoms with van der Waals surface area (Å²) in [5.41, 5.74) is 1.96. The van der Waals surface area contributed by atoms with E-state index in [2.05, 4.69) is 41.7 Å². The highest BCUT2D eigenvalue weighted by Crippen LogP contribution is 2.29. The van der Waals surface area contributed by atoms with Crippen LogP contribution >= 0.6 is 0 Å². The number of para-hydroxylation sites is 2. The number of fused-ring (bicyclic) bond motifs is 1. The third-order valence-corrected chi connectivity index (χ3v) is 5.51. The zero-order valence-electron chi connectivity index (χ0n) is 15.7. The molecular weight excluding hydrogens is 312 g/mol. The van der Waals surface area contributed by atoms with E-state index in [1.165, 1.54) is 0 Å². The molecule has 136 valence electrons. The van der Waals surface area contributed by atoms with Gasteiger partial charge in [0.2, 0.25) is 5.91 Å². The SMILES string of the molecule is CCN1CCC[C@@](C)(C(=O)NCCCc2nc3ccccc3n2C)C1. The van der Waals surface area contributed by atoms with Crippen molar-refractivity contribution >= 4 is 16.9 Å². The first-order valence-corrected chi connectivity index (χ1v) is 9.44. The molecule has 1 atom stereocenters. The summed E-state index contributed by atoms with van der Waals surface area (Å²) in [4.78, 5) is 19.7. The van der Waals surface area contributed by atoms with Gasteiger partial charge in [0.15, 0.2) is 0 Å². The molecule has 1 fully saturated rings. The van der Waals surface area contributed by atoms with Gasteiger partial charge in [0.25, 0.3) is 0 Å². The lowest BCUT2D eigenvalue weighted by Crippen LogP contribution is -2.50. The molecule has 5 nitrogen and oxygen atoms in total. The van der Waals surface area contributed by atoms with E-state index < -0.39 is 0 Å². The minimum Gasteiger partial charge on any atom is -0.356 e. The van der Waals surface area contributed by atoms with Crippen LogP contribution < -0.4 is 5.32 Å². The number of aryl methyl sites for hydroxylation is 2. The van der Waals surface area contributed by atoms with Crippen LogP contribution in [0.15, 0.2) is 24.3 Å². The largest absolute Gasteiger partial charge is 0.356 e. The average Bonchev–Trinajstić information content (AvgIpc) is 2.95. The zero-order valence-corrected chi connectivity index (χ0v) is 15.7. The number of nitrogens with zero attached hydrogens (tertiary/aromatic N) is 3. The number of imidazole rings is 1. The molecule has 1 N–H and O–H groups in total. The van der Waals surface area contributed by atoms with E-state index in [1.54, 1.807) is 0 Å². The number of amides is 1. The Morgan fingerprint density at radius 1 is 1.36 bits per heavy atom. The Morgan fingerprint density at radius 2 is 2.16 bits per heavy atom. The Balaban J connectivity index is 1.50. The van der Waals surface area contributed by atoms with E-state index >= 15 is 0 Å². The molecule has 25 heavy (non-hydrogen) atoms. The number of likely N-dealkylation sites (tertiary alicyclic amines) is 1. The van der Waals surface area contributed by atoms with Crippen LogP contribution in [0.25, 0.3) is 11.0 Å². The Labute approximate surface area is 150 Å². The maximum Gasteiger partial charge on any atom is 0.227 e. The summed E-state index contributed by atoms with van der Waals surface area (Å²) in [6, 6.07) is 8.20. The molecule has 2 heterocycles. The van der Waals surface area contributed by atoms with Gasteiger partial charge in [0, 0.05) is 26.6 Å². The molecule has 2 aromatic rings. The van der Waals surface area contributed by atoms with E-state index in [0.717, 1.165) is 62.2 Å². The molecule has 1 aliphatic rings. The van der Waals surface area contributed by atoms with E-state index in [9.17, 15) is 4.79 Å². The van der Waals surface area contributed by atoms with Crippen molar-refractivity contribution in [1.29, 1.82) is 0 Å². The molecule has 1 aromatic heterocycles. The Hall–Kier alpha value is -1.88. The van der Waals surface area contributed by atoms with Crippen molar-refractivity contribution in [3.05, 3.63) is 30.1 Å². The zero-order chi connectivity index (χ0) is 17.9. The maximum atomic E-state index is 12.6. The van der Waals surface area contributed by atoms with Crippen LogP contribution in [0, 0.1) is 5.41 Å². The van der Waals surface area contributed by atoms with Gasteiger partial charge < -0.3 is 14.8 Å². The number of rotatable bonds is 6. The van der Waals surface area contributed by atoms with Gasteiger partial charge in [-0.2, -0.15) is 0 Å². The second-order valence-corrected chi connectivity index (χ2v) is 7.47. The summed E-state index contributed by atoms with van der Waals surface area (Å²) in [7, 11) is 2.06. The highest BCUT2D eigenvalue weighted by atomic mass is 16.2. The van der Waals surface area contributed by atoms with Crippen molar-refractivity contribution in [3.8, 4) is 0 Å².